The Morgan fingerprint density at radius 1 is 1.27 bits per heavy atom. The maximum atomic E-state index is 13.1. The van der Waals surface area contributed by atoms with Crippen LogP contribution in [-0.4, -0.2) is 21.5 Å². The number of nitrogens with zero attached hydrogens (tertiary/aromatic N) is 3. The molecule has 2 aromatic carbocycles. The van der Waals surface area contributed by atoms with E-state index in [1.807, 2.05) is 24.3 Å². The third kappa shape index (κ3) is 2.79. The first kappa shape index (κ1) is 19.3. The Morgan fingerprint density at radius 2 is 2.03 bits per heavy atom. The van der Waals surface area contributed by atoms with Crippen LogP contribution in [0.15, 0.2) is 41.2 Å². The summed E-state index contributed by atoms with van der Waals surface area (Å²) in [6.45, 7) is 12.4. The number of fused-ring (bicyclic) bond motifs is 4. The smallest absolute Gasteiger partial charge is 0.274 e. The van der Waals surface area contributed by atoms with Crippen molar-refractivity contribution in [1.82, 2.24) is 9.38 Å². The first-order chi connectivity index (χ1) is 14.3. The fourth-order valence-corrected chi connectivity index (χ4v) is 6.14. The molecule has 1 unspecified atom stereocenters. The molecule has 3 heterocycles. The summed E-state index contributed by atoms with van der Waals surface area (Å²) in [5, 5.41) is 0. The number of para-hydroxylation sites is 2. The average Bonchev–Trinajstić information content (AvgIpc) is 3.19. The van der Waals surface area contributed by atoms with Crippen molar-refractivity contribution in [3.05, 3.63) is 68.0 Å². The van der Waals surface area contributed by atoms with Crippen molar-refractivity contribution in [3.8, 4) is 0 Å². The zero-order chi connectivity index (χ0) is 21.2. The van der Waals surface area contributed by atoms with E-state index in [4.69, 9.17) is 0 Å². The topological polar surface area (TPSA) is 37.6 Å². The predicted molar refractivity (Wildman–Crippen MR) is 127 cm³/mol. The number of rotatable bonds is 2. The van der Waals surface area contributed by atoms with Crippen LogP contribution in [-0.2, 0) is 0 Å². The SMILES string of the molecule is CCN1c2cc(C)c(/C=c3\sc4nc5ccccc5n4c3=O)cc2C(C)CC1(C)C. The number of imidazole rings is 1. The minimum absolute atomic E-state index is 0.0187. The Bertz CT molecular complexity index is 1400. The van der Waals surface area contributed by atoms with Gasteiger partial charge in [-0.1, -0.05) is 30.4 Å². The predicted octanol–water partition coefficient (Wildman–Crippen LogP) is 4.88. The lowest BCUT2D eigenvalue weighted by Gasteiger charge is -2.47. The summed E-state index contributed by atoms with van der Waals surface area (Å²) < 4.78 is 2.48. The van der Waals surface area contributed by atoms with Crippen LogP contribution in [0.4, 0.5) is 5.69 Å². The van der Waals surface area contributed by atoms with Crippen molar-refractivity contribution < 1.29 is 0 Å². The molecule has 30 heavy (non-hydrogen) atoms. The van der Waals surface area contributed by atoms with Crippen LogP contribution in [0.5, 0.6) is 0 Å². The molecule has 4 nitrogen and oxygen atoms in total. The largest absolute Gasteiger partial charge is 0.366 e. The lowest BCUT2D eigenvalue weighted by molar-refractivity contribution is 0.381. The van der Waals surface area contributed by atoms with Gasteiger partial charge in [-0.05, 0) is 87.1 Å². The van der Waals surface area contributed by atoms with Crippen LogP contribution >= 0.6 is 11.3 Å². The molecule has 5 rings (SSSR count). The summed E-state index contributed by atoms with van der Waals surface area (Å²) >= 11 is 1.47. The van der Waals surface area contributed by atoms with Crippen LogP contribution in [0, 0.1) is 6.92 Å². The van der Waals surface area contributed by atoms with Crippen molar-refractivity contribution in [2.75, 3.05) is 11.4 Å². The minimum atomic E-state index is 0.0187. The summed E-state index contributed by atoms with van der Waals surface area (Å²) in [5.41, 5.74) is 6.97. The van der Waals surface area contributed by atoms with Gasteiger partial charge in [0, 0.05) is 17.8 Å². The first-order valence-corrected chi connectivity index (χ1v) is 11.5. The number of hydrogen-bond donors (Lipinski definition) is 0. The highest BCUT2D eigenvalue weighted by molar-refractivity contribution is 7.15. The summed E-state index contributed by atoms with van der Waals surface area (Å²) in [6.07, 6.45) is 3.18. The Morgan fingerprint density at radius 3 is 2.80 bits per heavy atom. The third-order valence-corrected chi connectivity index (χ3v) is 7.49. The standard InChI is InChI=1S/C25H27N3OS/c1-6-27-21-11-15(2)17(12-18(21)16(3)14-25(27,4)5)13-22-23(29)28-20-10-8-7-9-19(20)26-24(28)30-22/h7-13,16H,6,14H2,1-5H3/b22-13-. The van der Waals surface area contributed by atoms with Gasteiger partial charge in [0.1, 0.15) is 0 Å². The summed E-state index contributed by atoms with van der Waals surface area (Å²) in [7, 11) is 0. The maximum Gasteiger partial charge on any atom is 0.274 e. The van der Waals surface area contributed by atoms with Crippen molar-refractivity contribution >= 4 is 39.1 Å². The van der Waals surface area contributed by atoms with E-state index in [1.54, 1.807) is 4.40 Å². The molecular formula is C25H27N3OS. The van der Waals surface area contributed by atoms with Gasteiger partial charge in [-0.2, -0.15) is 0 Å². The van der Waals surface area contributed by atoms with E-state index >= 15 is 0 Å². The molecule has 0 radical (unpaired) electrons. The van der Waals surface area contributed by atoms with Crippen molar-refractivity contribution in [3.63, 3.8) is 0 Å². The van der Waals surface area contributed by atoms with E-state index in [2.05, 4.69) is 62.7 Å². The van der Waals surface area contributed by atoms with Gasteiger partial charge in [0.05, 0.1) is 15.6 Å². The minimum Gasteiger partial charge on any atom is -0.366 e. The van der Waals surface area contributed by atoms with Gasteiger partial charge >= 0.3 is 0 Å². The van der Waals surface area contributed by atoms with Gasteiger partial charge in [-0.3, -0.25) is 4.79 Å². The Balaban J connectivity index is 1.69. The Labute approximate surface area is 180 Å². The second-order valence-corrected chi connectivity index (χ2v) is 10.1. The van der Waals surface area contributed by atoms with Gasteiger partial charge in [0.25, 0.3) is 5.56 Å². The molecular weight excluding hydrogens is 390 g/mol. The number of aryl methyl sites for hydroxylation is 1. The van der Waals surface area contributed by atoms with Crippen molar-refractivity contribution in [1.29, 1.82) is 0 Å². The van der Waals surface area contributed by atoms with E-state index in [-0.39, 0.29) is 11.1 Å². The number of hydrogen-bond acceptors (Lipinski definition) is 4. The molecule has 0 N–H and O–H groups in total. The lowest BCUT2D eigenvalue weighted by atomic mass is 9.79. The molecule has 4 aromatic rings. The summed E-state index contributed by atoms with van der Waals surface area (Å²) in [6, 6.07) is 12.4. The zero-order valence-corrected chi connectivity index (χ0v) is 19.0. The van der Waals surface area contributed by atoms with E-state index in [9.17, 15) is 4.79 Å². The number of benzene rings is 2. The molecule has 1 aliphatic heterocycles. The second kappa shape index (κ2) is 6.67. The fraction of sp³-hybridized carbons (Fsp3) is 0.360. The number of aromatic nitrogens is 2. The molecule has 0 bridgehead atoms. The third-order valence-electron chi connectivity index (χ3n) is 6.52. The highest BCUT2D eigenvalue weighted by atomic mass is 32.1. The van der Waals surface area contributed by atoms with E-state index < -0.39 is 0 Å². The van der Waals surface area contributed by atoms with E-state index in [1.165, 1.54) is 28.2 Å². The van der Waals surface area contributed by atoms with Crippen LogP contribution in [0.3, 0.4) is 0 Å². The zero-order valence-electron chi connectivity index (χ0n) is 18.2. The van der Waals surface area contributed by atoms with Crippen molar-refractivity contribution in [2.24, 2.45) is 0 Å². The number of thiazole rings is 1. The molecule has 1 aliphatic rings. The monoisotopic (exact) mass is 417 g/mol. The Hall–Kier alpha value is -2.66. The summed E-state index contributed by atoms with van der Waals surface area (Å²) in [5.74, 6) is 0.488. The van der Waals surface area contributed by atoms with Gasteiger partial charge < -0.3 is 4.90 Å². The van der Waals surface area contributed by atoms with Crippen LogP contribution in [0.2, 0.25) is 0 Å². The highest BCUT2D eigenvalue weighted by Crippen LogP contribution is 2.44. The van der Waals surface area contributed by atoms with Gasteiger partial charge in [-0.25, -0.2) is 9.38 Å². The van der Waals surface area contributed by atoms with Crippen LogP contribution < -0.4 is 15.0 Å². The number of anilines is 1. The quantitative estimate of drug-likeness (QED) is 0.467. The maximum absolute atomic E-state index is 13.1. The van der Waals surface area contributed by atoms with E-state index in [0.29, 0.717) is 5.92 Å². The summed E-state index contributed by atoms with van der Waals surface area (Å²) in [4.78, 5) is 21.1. The van der Waals surface area contributed by atoms with Gasteiger partial charge in [0.15, 0.2) is 4.96 Å². The second-order valence-electron chi connectivity index (χ2n) is 9.06. The average molecular weight is 418 g/mol. The molecule has 5 heteroatoms. The van der Waals surface area contributed by atoms with Crippen LogP contribution in [0.25, 0.3) is 22.1 Å². The molecule has 154 valence electrons. The highest BCUT2D eigenvalue weighted by Gasteiger charge is 2.35. The Kier molecular flexibility index (Phi) is 4.30. The molecule has 0 spiro atoms. The molecule has 0 saturated heterocycles. The fourth-order valence-electron chi connectivity index (χ4n) is 5.16. The molecule has 0 saturated carbocycles. The van der Waals surface area contributed by atoms with Crippen molar-refractivity contribution in [2.45, 2.75) is 52.5 Å². The first-order valence-electron chi connectivity index (χ1n) is 10.6. The lowest BCUT2D eigenvalue weighted by Crippen LogP contribution is -2.48. The molecule has 0 fully saturated rings. The molecule has 2 aromatic heterocycles. The van der Waals surface area contributed by atoms with Gasteiger partial charge in [0.2, 0.25) is 0 Å². The van der Waals surface area contributed by atoms with E-state index in [0.717, 1.165) is 39.1 Å². The molecule has 1 atom stereocenters. The molecule has 0 amide bonds. The normalized spacial score (nSPS) is 19.0. The van der Waals surface area contributed by atoms with Gasteiger partial charge in [-0.15, -0.1) is 0 Å². The van der Waals surface area contributed by atoms with Crippen LogP contribution in [0.1, 0.15) is 56.7 Å². The molecule has 0 aliphatic carbocycles.